The molecule has 1 fully saturated rings. The number of piperazine rings is 1. The fraction of sp³-hybridized carbons (Fsp3) is 0.333. The average Bonchev–Trinajstić information content (AvgIpc) is 2.28. The van der Waals surface area contributed by atoms with Gasteiger partial charge in [0.05, 0.1) is 19.2 Å². The summed E-state index contributed by atoms with van der Waals surface area (Å²) in [6.45, 7) is 2.05. The van der Waals surface area contributed by atoms with Gasteiger partial charge in [-0.1, -0.05) is 12.1 Å². The lowest BCUT2D eigenvalue weighted by molar-refractivity contribution is -0.130. The molecule has 2 N–H and O–H groups in total. The maximum atomic E-state index is 11.2. The molecular formula is C12H14N2O3. The third kappa shape index (κ3) is 2.62. The first kappa shape index (κ1) is 11.6. The van der Waals surface area contributed by atoms with Gasteiger partial charge in [0.2, 0.25) is 11.8 Å². The first-order valence-electron chi connectivity index (χ1n) is 5.42. The van der Waals surface area contributed by atoms with Gasteiger partial charge in [0, 0.05) is 5.69 Å². The maximum absolute atomic E-state index is 11.2. The molecule has 1 atom stereocenters. The molecule has 1 heterocycles. The van der Waals surface area contributed by atoms with E-state index in [9.17, 15) is 14.7 Å². The molecule has 17 heavy (non-hydrogen) atoms. The number of benzene rings is 1. The fourth-order valence-electron chi connectivity index (χ4n) is 1.78. The van der Waals surface area contributed by atoms with Crippen LogP contribution in [0.3, 0.4) is 0 Å². The predicted octanol–water partition coefficient (Wildman–Crippen LogP) is 0.203. The van der Waals surface area contributed by atoms with Crippen molar-refractivity contribution < 1.29 is 14.7 Å². The van der Waals surface area contributed by atoms with Gasteiger partial charge in [-0.2, -0.15) is 0 Å². The number of imide groups is 1. The van der Waals surface area contributed by atoms with Gasteiger partial charge < -0.3 is 10.0 Å². The van der Waals surface area contributed by atoms with Crippen LogP contribution in [0.15, 0.2) is 24.3 Å². The summed E-state index contributed by atoms with van der Waals surface area (Å²) in [4.78, 5) is 24.1. The molecule has 2 rings (SSSR count). The Kier molecular flexibility index (Phi) is 3.10. The summed E-state index contributed by atoms with van der Waals surface area (Å²) in [6.07, 6.45) is -0.518. The second kappa shape index (κ2) is 4.55. The van der Waals surface area contributed by atoms with Gasteiger partial charge in [-0.25, -0.2) is 0 Å². The third-order valence-electron chi connectivity index (χ3n) is 2.69. The van der Waals surface area contributed by atoms with E-state index >= 15 is 0 Å². The number of hydrogen-bond acceptors (Lipinski definition) is 4. The number of amides is 2. The molecule has 5 heteroatoms. The minimum atomic E-state index is -0.518. The molecule has 5 nitrogen and oxygen atoms in total. The van der Waals surface area contributed by atoms with Crippen molar-refractivity contribution in [1.82, 2.24) is 5.32 Å². The van der Waals surface area contributed by atoms with Crippen LogP contribution >= 0.6 is 0 Å². The second-order valence-corrected chi connectivity index (χ2v) is 4.09. The highest BCUT2D eigenvalue weighted by Gasteiger charge is 2.22. The molecule has 0 aliphatic carbocycles. The summed E-state index contributed by atoms with van der Waals surface area (Å²) in [6, 6.07) is 7.18. The van der Waals surface area contributed by atoms with Crippen molar-refractivity contribution >= 4 is 17.5 Å². The van der Waals surface area contributed by atoms with Gasteiger partial charge in [-0.15, -0.1) is 0 Å². The van der Waals surface area contributed by atoms with Crippen LogP contribution in [0.4, 0.5) is 5.69 Å². The van der Waals surface area contributed by atoms with Gasteiger partial charge in [0.15, 0.2) is 0 Å². The van der Waals surface area contributed by atoms with Crippen LogP contribution in [0.25, 0.3) is 0 Å². The molecule has 0 radical (unpaired) electrons. The molecule has 0 aromatic heterocycles. The van der Waals surface area contributed by atoms with E-state index in [2.05, 4.69) is 5.32 Å². The van der Waals surface area contributed by atoms with Crippen LogP contribution in [0.2, 0.25) is 0 Å². The van der Waals surface area contributed by atoms with Gasteiger partial charge in [-0.3, -0.25) is 14.9 Å². The molecule has 90 valence electrons. The molecule has 0 spiro atoms. The SMILES string of the molecule is C[C@H](O)c1ccc(N2CC(=O)NC(=O)C2)cc1. The number of nitrogens with one attached hydrogen (secondary N) is 1. The summed E-state index contributed by atoms with van der Waals surface area (Å²) in [5.74, 6) is -0.582. The van der Waals surface area contributed by atoms with E-state index < -0.39 is 6.10 Å². The zero-order valence-corrected chi connectivity index (χ0v) is 9.51. The van der Waals surface area contributed by atoms with E-state index in [1.54, 1.807) is 36.1 Å². The Morgan fingerprint density at radius 1 is 1.18 bits per heavy atom. The number of nitrogens with zero attached hydrogens (tertiary/aromatic N) is 1. The number of aliphatic hydroxyl groups is 1. The molecule has 0 unspecified atom stereocenters. The molecule has 2 amide bonds. The van der Waals surface area contributed by atoms with Crippen LogP contribution in [0.5, 0.6) is 0 Å². The van der Waals surface area contributed by atoms with Crippen molar-refractivity contribution in [2.75, 3.05) is 18.0 Å². The molecular weight excluding hydrogens is 220 g/mol. The Labute approximate surface area is 99.0 Å². The Morgan fingerprint density at radius 3 is 2.18 bits per heavy atom. The van der Waals surface area contributed by atoms with Crippen LogP contribution in [-0.2, 0) is 9.59 Å². The quantitative estimate of drug-likeness (QED) is 0.717. The number of aliphatic hydroxyl groups excluding tert-OH is 1. The van der Waals surface area contributed by atoms with E-state index in [1.807, 2.05) is 0 Å². The van der Waals surface area contributed by atoms with E-state index in [1.165, 1.54) is 0 Å². The van der Waals surface area contributed by atoms with Crippen molar-refractivity contribution in [3.63, 3.8) is 0 Å². The number of anilines is 1. The van der Waals surface area contributed by atoms with Crippen molar-refractivity contribution in [1.29, 1.82) is 0 Å². The molecule has 0 saturated carbocycles. The minimum Gasteiger partial charge on any atom is -0.389 e. The highest BCUT2D eigenvalue weighted by molar-refractivity contribution is 6.02. The highest BCUT2D eigenvalue weighted by Crippen LogP contribution is 2.19. The summed E-state index contributed by atoms with van der Waals surface area (Å²) in [5, 5.41) is 11.6. The Morgan fingerprint density at radius 2 is 1.71 bits per heavy atom. The van der Waals surface area contributed by atoms with E-state index in [0.29, 0.717) is 0 Å². The lowest BCUT2D eigenvalue weighted by atomic mass is 10.1. The summed E-state index contributed by atoms with van der Waals surface area (Å²) in [7, 11) is 0. The lowest BCUT2D eigenvalue weighted by Crippen LogP contribution is -2.51. The summed E-state index contributed by atoms with van der Waals surface area (Å²) in [5.41, 5.74) is 1.61. The monoisotopic (exact) mass is 234 g/mol. The molecule has 0 bridgehead atoms. The molecule has 1 saturated heterocycles. The predicted molar refractivity (Wildman–Crippen MR) is 62.4 cm³/mol. The average molecular weight is 234 g/mol. The maximum Gasteiger partial charge on any atom is 0.246 e. The first-order valence-corrected chi connectivity index (χ1v) is 5.42. The van der Waals surface area contributed by atoms with Gasteiger partial charge in [0.25, 0.3) is 0 Å². The van der Waals surface area contributed by atoms with Crippen LogP contribution in [0.1, 0.15) is 18.6 Å². The van der Waals surface area contributed by atoms with Crippen LogP contribution < -0.4 is 10.2 Å². The molecule has 1 aromatic carbocycles. The number of carbonyl (C=O) groups excluding carboxylic acids is 2. The van der Waals surface area contributed by atoms with Gasteiger partial charge >= 0.3 is 0 Å². The summed E-state index contributed by atoms with van der Waals surface area (Å²) < 4.78 is 0. The van der Waals surface area contributed by atoms with Gasteiger partial charge in [-0.05, 0) is 24.6 Å². The van der Waals surface area contributed by atoms with Crippen LogP contribution in [0, 0.1) is 0 Å². The van der Waals surface area contributed by atoms with Crippen molar-refractivity contribution in [3.8, 4) is 0 Å². The van der Waals surface area contributed by atoms with E-state index in [0.717, 1.165) is 11.3 Å². The Bertz CT molecular complexity index is 424. The van der Waals surface area contributed by atoms with E-state index in [4.69, 9.17) is 0 Å². The first-order chi connectivity index (χ1) is 8.06. The topological polar surface area (TPSA) is 69.6 Å². The van der Waals surface area contributed by atoms with Gasteiger partial charge in [0.1, 0.15) is 0 Å². The minimum absolute atomic E-state index is 0.180. The zero-order chi connectivity index (χ0) is 12.4. The smallest absolute Gasteiger partial charge is 0.246 e. The summed E-state index contributed by atoms with van der Waals surface area (Å²) >= 11 is 0. The third-order valence-corrected chi connectivity index (χ3v) is 2.69. The fourth-order valence-corrected chi connectivity index (χ4v) is 1.78. The molecule has 1 aliphatic heterocycles. The van der Waals surface area contributed by atoms with Crippen molar-refractivity contribution in [3.05, 3.63) is 29.8 Å². The normalized spacial score (nSPS) is 17.9. The number of carbonyl (C=O) groups is 2. The number of hydrogen-bond donors (Lipinski definition) is 2. The van der Waals surface area contributed by atoms with Crippen molar-refractivity contribution in [2.24, 2.45) is 0 Å². The lowest BCUT2D eigenvalue weighted by Gasteiger charge is -2.27. The Balaban J connectivity index is 2.16. The largest absolute Gasteiger partial charge is 0.389 e. The second-order valence-electron chi connectivity index (χ2n) is 4.09. The van der Waals surface area contributed by atoms with E-state index in [-0.39, 0.29) is 24.9 Å². The molecule has 1 aliphatic rings. The van der Waals surface area contributed by atoms with Crippen LogP contribution in [-0.4, -0.2) is 30.0 Å². The zero-order valence-electron chi connectivity index (χ0n) is 9.51. The van der Waals surface area contributed by atoms with Crippen molar-refractivity contribution in [2.45, 2.75) is 13.0 Å². The Hall–Kier alpha value is -1.88. The molecule has 1 aromatic rings. The number of rotatable bonds is 2. The highest BCUT2D eigenvalue weighted by atomic mass is 16.3. The standard InChI is InChI=1S/C12H14N2O3/c1-8(15)9-2-4-10(5-3-9)14-6-11(16)13-12(17)7-14/h2-5,8,15H,6-7H2,1H3,(H,13,16,17)/t8-/m0/s1.